The standard InChI is InChI=1S/C14H17N3O3S/c1-18-11-4-3-10(9-12(11)19-2)5-7-15-14(21)16-13-6-8-20-17-13/h3-4,6,8-9H,5,7H2,1-2H3,(H2,15,16,17,21). The summed E-state index contributed by atoms with van der Waals surface area (Å²) >= 11 is 5.16. The summed E-state index contributed by atoms with van der Waals surface area (Å²) in [4.78, 5) is 0. The summed E-state index contributed by atoms with van der Waals surface area (Å²) in [6.07, 6.45) is 2.29. The number of nitrogens with zero attached hydrogens (tertiary/aromatic N) is 1. The lowest BCUT2D eigenvalue weighted by atomic mass is 10.1. The molecule has 0 saturated heterocycles. The third-order valence-electron chi connectivity index (χ3n) is 2.83. The van der Waals surface area contributed by atoms with Gasteiger partial charge in [0, 0.05) is 12.6 Å². The molecule has 2 rings (SSSR count). The van der Waals surface area contributed by atoms with Gasteiger partial charge >= 0.3 is 0 Å². The lowest BCUT2D eigenvalue weighted by molar-refractivity contribution is 0.354. The first-order valence-corrected chi connectivity index (χ1v) is 6.80. The number of hydrogen-bond donors (Lipinski definition) is 2. The maximum Gasteiger partial charge on any atom is 0.175 e. The summed E-state index contributed by atoms with van der Waals surface area (Å²) in [6.45, 7) is 0.694. The molecule has 1 aromatic carbocycles. The molecule has 0 aliphatic heterocycles. The molecule has 21 heavy (non-hydrogen) atoms. The molecule has 0 spiro atoms. The quantitative estimate of drug-likeness (QED) is 0.793. The van der Waals surface area contributed by atoms with Crippen LogP contribution in [0.25, 0.3) is 0 Å². The van der Waals surface area contributed by atoms with Crippen LogP contribution in [-0.4, -0.2) is 31.0 Å². The minimum absolute atomic E-state index is 0.504. The van der Waals surface area contributed by atoms with Gasteiger partial charge in [0.25, 0.3) is 0 Å². The van der Waals surface area contributed by atoms with Crippen molar-refractivity contribution in [2.45, 2.75) is 6.42 Å². The maximum atomic E-state index is 5.27. The van der Waals surface area contributed by atoms with Gasteiger partial charge in [-0.1, -0.05) is 11.2 Å². The first-order valence-electron chi connectivity index (χ1n) is 6.39. The number of thiocarbonyl (C=S) groups is 1. The number of anilines is 1. The molecule has 1 heterocycles. The van der Waals surface area contributed by atoms with Crippen LogP contribution < -0.4 is 20.1 Å². The molecular formula is C14H17N3O3S. The number of ether oxygens (including phenoxy) is 2. The predicted molar refractivity (Wildman–Crippen MR) is 84.0 cm³/mol. The molecule has 0 fully saturated rings. The topological polar surface area (TPSA) is 68.5 Å². The van der Waals surface area contributed by atoms with Crippen LogP contribution in [0.4, 0.5) is 5.82 Å². The number of hydrogen-bond acceptors (Lipinski definition) is 5. The SMILES string of the molecule is COc1ccc(CCNC(=S)Nc2ccon2)cc1OC. The fourth-order valence-corrected chi connectivity index (χ4v) is 2.00. The Labute approximate surface area is 128 Å². The smallest absolute Gasteiger partial charge is 0.175 e. The van der Waals surface area contributed by atoms with E-state index in [1.807, 2.05) is 18.2 Å². The van der Waals surface area contributed by atoms with Crippen molar-refractivity contribution >= 4 is 23.1 Å². The second kappa shape index (κ2) is 7.49. The highest BCUT2D eigenvalue weighted by Gasteiger charge is 2.05. The number of aromatic nitrogens is 1. The molecule has 0 atom stereocenters. The van der Waals surface area contributed by atoms with E-state index in [-0.39, 0.29) is 0 Å². The molecule has 6 nitrogen and oxygen atoms in total. The zero-order valence-electron chi connectivity index (χ0n) is 11.9. The van der Waals surface area contributed by atoms with Crippen LogP contribution in [-0.2, 0) is 6.42 Å². The van der Waals surface area contributed by atoms with Crippen molar-refractivity contribution in [3.63, 3.8) is 0 Å². The Kier molecular flexibility index (Phi) is 5.39. The van der Waals surface area contributed by atoms with Crippen molar-refractivity contribution in [2.75, 3.05) is 26.1 Å². The van der Waals surface area contributed by atoms with E-state index in [2.05, 4.69) is 15.8 Å². The number of rotatable bonds is 6. The summed E-state index contributed by atoms with van der Waals surface area (Å²) in [5.74, 6) is 2.02. The minimum Gasteiger partial charge on any atom is -0.493 e. The van der Waals surface area contributed by atoms with Gasteiger partial charge in [0.05, 0.1) is 14.2 Å². The second-order valence-corrected chi connectivity index (χ2v) is 4.61. The second-order valence-electron chi connectivity index (χ2n) is 4.20. The van der Waals surface area contributed by atoms with Gasteiger partial charge in [0.1, 0.15) is 6.26 Å². The van der Waals surface area contributed by atoms with Crippen LogP contribution in [0.3, 0.4) is 0 Å². The molecule has 0 aliphatic carbocycles. The molecule has 1 aromatic heterocycles. The van der Waals surface area contributed by atoms with E-state index in [0.717, 1.165) is 23.5 Å². The molecule has 112 valence electrons. The van der Waals surface area contributed by atoms with E-state index in [1.165, 1.54) is 6.26 Å². The van der Waals surface area contributed by atoms with Crippen molar-refractivity contribution in [1.29, 1.82) is 0 Å². The molecule has 0 amide bonds. The molecule has 0 unspecified atom stereocenters. The van der Waals surface area contributed by atoms with Gasteiger partial charge in [0.2, 0.25) is 0 Å². The fourth-order valence-electron chi connectivity index (χ4n) is 1.79. The summed E-state index contributed by atoms with van der Waals surface area (Å²) in [7, 11) is 3.24. The Morgan fingerprint density at radius 3 is 2.71 bits per heavy atom. The van der Waals surface area contributed by atoms with Crippen LogP contribution in [0.1, 0.15) is 5.56 Å². The highest BCUT2D eigenvalue weighted by atomic mass is 32.1. The summed E-state index contributed by atoms with van der Waals surface area (Å²) in [5, 5.41) is 10.2. The van der Waals surface area contributed by atoms with E-state index in [4.69, 9.17) is 26.2 Å². The lowest BCUT2D eigenvalue weighted by Crippen LogP contribution is -2.30. The minimum atomic E-state index is 0.504. The Morgan fingerprint density at radius 1 is 1.24 bits per heavy atom. The Bertz CT molecular complexity index is 587. The molecular weight excluding hydrogens is 290 g/mol. The van der Waals surface area contributed by atoms with E-state index in [0.29, 0.717) is 17.5 Å². The number of nitrogens with one attached hydrogen (secondary N) is 2. The average Bonchev–Trinajstić information content (AvgIpc) is 2.99. The average molecular weight is 307 g/mol. The lowest BCUT2D eigenvalue weighted by Gasteiger charge is -2.11. The molecule has 0 saturated carbocycles. The van der Waals surface area contributed by atoms with Crippen molar-refractivity contribution in [3.05, 3.63) is 36.1 Å². The van der Waals surface area contributed by atoms with Crippen molar-refractivity contribution in [1.82, 2.24) is 10.5 Å². The van der Waals surface area contributed by atoms with Gasteiger partial charge in [0.15, 0.2) is 22.4 Å². The van der Waals surface area contributed by atoms with Gasteiger partial charge in [-0.2, -0.15) is 0 Å². The molecule has 2 N–H and O–H groups in total. The Balaban J connectivity index is 1.81. The largest absolute Gasteiger partial charge is 0.493 e. The van der Waals surface area contributed by atoms with Crippen LogP contribution in [0.15, 0.2) is 35.1 Å². The first kappa shape index (κ1) is 15.1. The third kappa shape index (κ3) is 4.35. The highest BCUT2D eigenvalue weighted by molar-refractivity contribution is 7.80. The number of benzene rings is 1. The van der Waals surface area contributed by atoms with E-state index in [1.54, 1.807) is 20.3 Å². The van der Waals surface area contributed by atoms with Gasteiger partial charge in [-0.25, -0.2) is 0 Å². The third-order valence-corrected chi connectivity index (χ3v) is 3.07. The van der Waals surface area contributed by atoms with Crippen molar-refractivity contribution in [2.24, 2.45) is 0 Å². The zero-order chi connectivity index (χ0) is 15.1. The van der Waals surface area contributed by atoms with Gasteiger partial charge < -0.3 is 24.6 Å². The van der Waals surface area contributed by atoms with Gasteiger partial charge in [-0.15, -0.1) is 0 Å². The van der Waals surface area contributed by atoms with Crippen LogP contribution >= 0.6 is 12.2 Å². The fraction of sp³-hybridized carbons (Fsp3) is 0.286. The zero-order valence-corrected chi connectivity index (χ0v) is 12.7. The highest BCUT2D eigenvalue weighted by Crippen LogP contribution is 2.27. The van der Waals surface area contributed by atoms with Crippen LogP contribution in [0.2, 0.25) is 0 Å². The summed E-state index contributed by atoms with van der Waals surface area (Å²) < 4.78 is 15.2. The van der Waals surface area contributed by atoms with E-state index < -0.39 is 0 Å². The van der Waals surface area contributed by atoms with Crippen molar-refractivity contribution in [3.8, 4) is 11.5 Å². The Morgan fingerprint density at radius 2 is 2.05 bits per heavy atom. The van der Waals surface area contributed by atoms with Crippen molar-refractivity contribution < 1.29 is 14.0 Å². The maximum absolute atomic E-state index is 5.27. The molecule has 0 aliphatic rings. The van der Waals surface area contributed by atoms with Crippen LogP contribution in [0.5, 0.6) is 11.5 Å². The van der Waals surface area contributed by atoms with E-state index in [9.17, 15) is 0 Å². The summed E-state index contributed by atoms with van der Waals surface area (Å²) in [6, 6.07) is 7.54. The monoisotopic (exact) mass is 307 g/mol. The van der Waals surface area contributed by atoms with E-state index >= 15 is 0 Å². The first-order chi connectivity index (χ1) is 10.2. The number of methoxy groups -OCH3 is 2. The molecule has 0 radical (unpaired) electrons. The normalized spacial score (nSPS) is 10.0. The molecule has 0 bridgehead atoms. The molecule has 7 heteroatoms. The van der Waals surface area contributed by atoms with Gasteiger partial charge in [-0.3, -0.25) is 0 Å². The van der Waals surface area contributed by atoms with Crippen LogP contribution in [0, 0.1) is 0 Å². The predicted octanol–water partition coefficient (Wildman–Crippen LogP) is 2.22. The Hall–Kier alpha value is -2.28. The van der Waals surface area contributed by atoms with Gasteiger partial charge in [-0.05, 0) is 36.3 Å². The molecule has 2 aromatic rings. The summed E-state index contributed by atoms with van der Waals surface area (Å²) in [5.41, 5.74) is 1.13.